The van der Waals surface area contributed by atoms with E-state index < -0.39 is 3.61 Å². The van der Waals surface area contributed by atoms with Crippen molar-refractivity contribution in [2.75, 3.05) is 0 Å². The smallest absolute Gasteiger partial charge is 0.324 e. The van der Waals surface area contributed by atoms with E-state index in [0.29, 0.717) is 11.1 Å². The second-order valence-corrected chi connectivity index (χ2v) is 6.10. The van der Waals surface area contributed by atoms with E-state index in [4.69, 9.17) is 4.74 Å². The first-order chi connectivity index (χ1) is 6.03. The van der Waals surface area contributed by atoms with Gasteiger partial charge in [-0.2, -0.15) is 0 Å². The number of hydrogen-bond acceptors (Lipinski definition) is 2. The molecule has 0 spiro atoms. The zero-order valence-electron chi connectivity index (χ0n) is 6.51. The summed E-state index contributed by atoms with van der Waals surface area (Å²) in [5.74, 6) is 0.621. The number of hydrogen-bond donors (Lipinski definition) is 1. The molecule has 1 N–H and O–H groups in total. The van der Waals surface area contributed by atoms with Crippen LogP contribution in [0.5, 0.6) is 5.75 Å². The lowest BCUT2D eigenvalue weighted by atomic mass is 10.2. The quantitative estimate of drug-likeness (QED) is 0.649. The van der Waals surface area contributed by atoms with Crippen LogP contribution in [0.2, 0.25) is 0 Å². The summed E-state index contributed by atoms with van der Waals surface area (Å²) in [7, 11) is 0. The number of ether oxygens (including phenoxy) is 1. The van der Waals surface area contributed by atoms with Crippen molar-refractivity contribution in [1.82, 2.24) is 0 Å². The van der Waals surface area contributed by atoms with Gasteiger partial charge in [0.1, 0.15) is 5.75 Å². The molecule has 0 aliphatic carbocycles. The minimum absolute atomic E-state index is 0.621. The maximum absolute atomic E-state index is 9.29. The van der Waals surface area contributed by atoms with Gasteiger partial charge >= 0.3 is 3.61 Å². The van der Waals surface area contributed by atoms with Crippen molar-refractivity contribution in [2.24, 2.45) is 0 Å². The summed E-state index contributed by atoms with van der Waals surface area (Å²) in [5, 5.41) is 9.97. The third-order valence-corrected chi connectivity index (χ3v) is 2.28. The van der Waals surface area contributed by atoms with Crippen molar-refractivity contribution >= 4 is 47.8 Å². The maximum atomic E-state index is 9.29. The number of para-hydroxylation sites is 1. The summed E-state index contributed by atoms with van der Waals surface area (Å²) in [6.45, 7) is 0. The molecule has 0 aliphatic heterocycles. The van der Waals surface area contributed by atoms with Crippen LogP contribution in [0.4, 0.5) is 0 Å². The molecule has 0 unspecified atom stereocenters. The molecule has 0 fully saturated rings. The fourth-order valence-corrected chi connectivity index (χ4v) is 1.66. The summed E-state index contributed by atoms with van der Waals surface area (Å²) >= 11 is 9.15. The number of rotatable bonds is 3. The number of halogens is 3. The summed E-state index contributed by atoms with van der Waals surface area (Å²) in [5.41, 5.74) is 0.972. The summed E-state index contributed by atoms with van der Waals surface area (Å²) in [4.78, 5) is 0. The van der Waals surface area contributed by atoms with Crippen LogP contribution < -0.4 is 4.74 Å². The van der Waals surface area contributed by atoms with Gasteiger partial charge in [-0.3, -0.25) is 0 Å². The molecular formula is C8H7Br3O2. The molecular weight excluding hydrogens is 368 g/mol. The fourth-order valence-electron chi connectivity index (χ4n) is 0.846. The van der Waals surface area contributed by atoms with Crippen LogP contribution in [0, 0.1) is 0 Å². The highest BCUT2D eigenvalue weighted by Crippen LogP contribution is 2.30. The van der Waals surface area contributed by atoms with Gasteiger partial charge in [-0.15, -0.1) is 0 Å². The van der Waals surface area contributed by atoms with Crippen molar-refractivity contribution < 1.29 is 9.84 Å². The second kappa shape index (κ2) is 4.77. The van der Waals surface area contributed by atoms with Gasteiger partial charge < -0.3 is 9.84 Å². The maximum Gasteiger partial charge on any atom is 0.324 e. The SMILES string of the molecule is OC(Br)(Br)Oc1ccccc1CBr. The van der Waals surface area contributed by atoms with Gasteiger partial charge in [0.25, 0.3) is 0 Å². The van der Waals surface area contributed by atoms with Gasteiger partial charge in [-0.05, 0) is 6.07 Å². The largest absolute Gasteiger partial charge is 0.443 e. The first kappa shape index (κ1) is 11.5. The highest BCUT2D eigenvalue weighted by molar-refractivity contribution is 9.25. The Bertz CT molecular complexity index is 283. The number of benzene rings is 1. The topological polar surface area (TPSA) is 29.5 Å². The van der Waals surface area contributed by atoms with Crippen LogP contribution in [0.15, 0.2) is 24.3 Å². The van der Waals surface area contributed by atoms with Crippen LogP contribution in [0.3, 0.4) is 0 Å². The van der Waals surface area contributed by atoms with Gasteiger partial charge in [0, 0.05) is 42.8 Å². The van der Waals surface area contributed by atoms with Crippen molar-refractivity contribution in [3.05, 3.63) is 29.8 Å². The average Bonchev–Trinajstić information content (AvgIpc) is 2.02. The number of aliphatic hydroxyl groups is 1. The Balaban J connectivity index is 2.87. The van der Waals surface area contributed by atoms with Crippen molar-refractivity contribution in [3.63, 3.8) is 0 Å². The monoisotopic (exact) mass is 372 g/mol. The van der Waals surface area contributed by atoms with Crippen LogP contribution in [0.1, 0.15) is 5.56 Å². The molecule has 13 heavy (non-hydrogen) atoms. The Kier molecular flexibility index (Phi) is 4.22. The van der Waals surface area contributed by atoms with Crippen LogP contribution >= 0.6 is 47.8 Å². The van der Waals surface area contributed by atoms with Gasteiger partial charge in [0.15, 0.2) is 0 Å². The predicted molar refractivity (Wildman–Crippen MR) is 62.5 cm³/mol. The van der Waals surface area contributed by atoms with Crippen LogP contribution in [-0.4, -0.2) is 8.71 Å². The first-order valence-corrected chi connectivity index (χ1v) is 6.17. The van der Waals surface area contributed by atoms with E-state index in [1.807, 2.05) is 18.2 Å². The van der Waals surface area contributed by atoms with Crippen molar-refractivity contribution in [1.29, 1.82) is 0 Å². The molecule has 0 heterocycles. The lowest BCUT2D eigenvalue weighted by Crippen LogP contribution is -2.19. The molecule has 0 aliphatic rings. The Hall–Kier alpha value is 0.420. The summed E-state index contributed by atoms with van der Waals surface area (Å²) < 4.78 is 3.68. The van der Waals surface area contributed by atoms with E-state index >= 15 is 0 Å². The molecule has 1 aromatic rings. The molecule has 5 heteroatoms. The lowest BCUT2D eigenvalue weighted by Gasteiger charge is -2.17. The van der Waals surface area contributed by atoms with E-state index in [9.17, 15) is 5.11 Å². The Labute approximate surface area is 102 Å². The highest BCUT2D eigenvalue weighted by Gasteiger charge is 2.20. The molecule has 0 saturated heterocycles. The number of alkyl halides is 3. The van der Waals surface area contributed by atoms with E-state index in [1.54, 1.807) is 6.07 Å². The zero-order valence-corrected chi connectivity index (χ0v) is 11.3. The molecule has 0 radical (unpaired) electrons. The molecule has 0 amide bonds. The third-order valence-electron chi connectivity index (χ3n) is 1.35. The molecule has 0 atom stereocenters. The summed E-state index contributed by atoms with van der Waals surface area (Å²) in [6, 6.07) is 7.44. The average molecular weight is 375 g/mol. The summed E-state index contributed by atoms with van der Waals surface area (Å²) in [6.07, 6.45) is 0. The van der Waals surface area contributed by atoms with Gasteiger partial charge in [0.2, 0.25) is 0 Å². The van der Waals surface area contributed by atoms with Gasteiger partial charge in [-0.25, -0.2) is 0 Å². The first-order valence-electron chi connectivity index (χ1n) is 3.46. The highest BCUT2D eigenvalue weighted by atomic mass is 79.9. The Morgan fingerprint density at radius 1 is 1.31 bits per heavy atom. The lowest BCUT2D eigenvalue weighted by molar-refractivity contribution is 0.0424. The van der Waals surface area contributed by atoms with Gasteiger partial charge in [-0.1, -0.05) is 34.1 Å². The van der Waals surface area contributed by atoms with E-state index in [1.165, 1.54) is 0 Å². The Morgan fingerprint density at radius 3 is 2.46 bits per heavy atom. The van der Waals surface area contributed by atoms with E-state index in [-0.39, 0.29) is 0 Å². The minimum atomic E-state index is -1.50. The standard InChI is InChI=1S/C8H7Br3O2/c9-5-6-3-1-2-4-7(6)13-8(10,11)12/h1-4,12H,5H2. The minimum Gasteiger partial charge on any atom is -0.443 e. The third kappa shape index (κ3) is 3.97. The van der Waals surface area contributed by atoms with Crippen molar-refractivity contribution in [2.45, 2.75) is 8.94 Å². The Morgan fingerprint density at radius 2 is 1.92 bits per heavy atom. The van der Waals surface area contributed by atoms with Crippen LogP contribution in [0.25, 0.3) is 0 Å². The second-order valence-electron chi connectivity index (χ2n) is 2.33. The van der Waals surface area contributed by atoms with Crippen LogP contribution in [-0.2, 0) is 5.33 Å². The van der Waals surface area contributed by atoms with Crippen molar-refractivity contribution in [3.8, 4) is 5.75 Å². The molecule has 1 aromatic carbocycles. The molecule has 0 saturated carbocycles. The van der Waals surface area contributed by atoms with Gasteiger partial charge in [0.05, 0.1) is 0 Å². The fraction of sp³-hybridized carbons (Fsp3) is 0.250. The molecule has 72 valence electrons. The molecule has 2 nitrogen and oxygen atoms in total. The zero-order chi connectivity index (χ0) is 9.90. The van der Waals surface area contributed by atoms with E-state index in [0.717, 1.165) is 5.56 Å². The molecule has 0 bridgehead atoms. The normalized spacial score (nSPS) is 11.4. The molecule has 1 rings (SSSR count). The predicted octanol–water partition coefficient (Wildman–Crippen LogP) is 3.35. The molecule has 0 aromatic heterocycles. The van der Waals surface area contributed by atoms with E-state index in [2.05, 4.69) is 47.8 Å².